The van der Waals surface area contributed by atoms with E-state index in [0.29, 0.717) is 5.88 Å². The molecular weight excluding hydrogens is 198 g/mol. The van der Waals surface area contributed by atoms with Gasteiger partial charge in [0.25, 0.3) is 0 Å². The lowest BCUT2D eigenvalue weighted by atomic mass is 10.4. The molecule has 2 rings (SSSR count). The minimum Gasteiger partial charge on any atom is -0.481 e. The van der Waals surface area contributed by atoms with Gasteiger partial charge in [0, 0.05) is 11.8 Å². The first-order chi connectivity index (χ1) is 6.88. The van der Waals surface area contributed by atoms with Gasteiger partial charge in [-0.2, -0.15) is 0 Å². The molecule has 0 saturated carbocycles. The number of nitrogens with zero attached hydrogens (tertiary/aromatic N) is 2. The van der Waals surface area contributed by atoms with Gasteiger partial charge in [-0.1, -0.05) is 11.8 Å². The number of nitrogens with one attached hydrogen (secondary N) is 1. The van der Waals surface area contributed by atoms with Gasteiger partial charge in [0.15, 0.2) is 5.17 Å². The molecular formula is C9H11N3OS. The van der Waals surface area contributed by atoms with Crippen molar-refractivity contribution in [3.05, 3.63) is 18.3 Å². The number of anilines is 1. The molecule has 0 atom stereocenters. The van der Waals surface area contributed by atoms with Gasteiger partial charge in [-0.15, -0.1) is 0 Å². The Balaban J connectivity index is 2.02. The van der Waals surface area contributed by atoms with Gasteiger partial charge in [-0.05, 0) is 6.07 Å². The summed E-state index contributed by atoms with van der Waals surface area (Å²) in [5.74, 6) is 1.68. The molecule has 74 valence electrons. The molecule has 1 aliphatic heterocycles. The second-order valence-electron chi connectivity index (χ2n) is 2.75. The van der Waals surface area contributed by atoms with Crippen LogP contribution >= 0.6 is 11.8 Å². The fraction of sp³-hybridized carbons (Fsp3) is 0.333. The van der Waals surface area contributed by atoms with E-state index in [4.69, 9.17) is 4.74 Å². The van der Waals surface area contributed by atoms with Crippen LogP contribution in [0.15, 0.2) is 23.3 Å². The summed E-state index contributed by atoms with van der Waals surface area (Å²) in [4.78, 5) is 8.37. The van der Waals surface area contributed by atoms with Crippen LogP contribution in [-0.4, -0.2) is 29.6 Å². The largest absolute Gasteiger partial charge is 0.481 e. The molecule has 0 aromatic carbocycles. The Labute approximate surface area is 86.8 Å². The van der Waals surface area contributed by atoms with E-state index in [0.717, 1.165) is 23.2 Å². The van der Waals surface area contributed by atoms with Gasteiger partial charge >= 0.3 is 0 Å². The average Bonchev–Trinajstić information content (AvgIpc) is 2.72. The Hall–Kier alpha value is -1.23. The van der Waals surface area contributed by atoms with E-state index in [2.05, 4.69) is 15.3 Å². The van der Waals surface area contributed by atoms with Crippen molar-refractivity contribution in [1.29, 1.82) is 0 Å². The van der Waals surface area contributed by atoms with Gasteiger partial charge in [-0.3, -0.25) is 4.99 Å². The minimum atomic E-state index is 0.622. The predicted octanol–water partition coefficient (Wildman–Crippen LogP) is 1.60. The maximum Gasteiger partial charge on any atom is 0.213 e. The van der Waals surface area contributed by atoms with E-state index in [9.17, 15) is 0 Å². The summed E-state index contributed by atoms with van der Waals surface area (Å²) in [6.07, 6.45) is 1.74. The lowest BCUT2D eigenvalue weighted by molar-refractivity contribution is 0.398. The summed E-state index contributed by atoms with van der Waals surface area (Å²) < 4.78 is 4.96. The first kappa shape index (κ1) is 9.33. The highest BCUT2D eigenvalue weighted by atomic mass is 32.2. The van der Waals surface area contributed by atoms with E-state index in [-0.39, 0.29) is 0 Å². The molecule has 2 heterocycles. The summed E-state index contributed by atoms with van der Waals surface area (Å²) in [7, 11) is 1.60. The maximum absolute atomic E-state index is 4.96. The van der Waals surface area contributed by atoms with Crippen LogP contribution in [-0.2, 0) is 0 Å². The van der Waals surface area contributed by atoms with E-state index in [1.54, 1.807) is 25.1 Å². The Morgan fingerprint density at radius 3 is 3.00 bits per heavy atom. The lowest BCUT2D eigenvalue weighted by Gasteiger charge is -2.04. The van der Waals surface area contributed by atoms with Crippen LogP contribution in [0.25, 0.3) is 0 Å². The molecule has 0 fully saturated rings. The molecule has 0 radical (unpaired) electrons. The Morgan fingerprint density at radius 1 is 1.50 bits per heavy atom. The number of aromatic nitrogens is 1. The van der Waals surface area contributed by atoms with Gasteiger partial charge in [0.05, 0.1) is 25.5 Å². The molecule has 0 saturated heterocycles. The van der Waals surface area contributed by atoms with E-state index >= 15 is 0 Å². The van der Waals surface area contributed by atoms with Crippen molar-refractivity contribution in [1.82, 2.24) is 4.98 Å². The SMILES string of the molecule is COc1ccc(NC2=NCCS2)cn1. The van der Waals surface area contributed by atoms with Crippen molar-refractivity contribution in [3.63, 3.8) is 0 Å². The number of ether oxygens (including phenoxy) is 1. The second-order valence-corrected chi connectivity index (χ2v) is 3.83. The highest BCUT2D eigenvalue weighted by Crippen LogP contribution is 2.16. The standard InChI is InChI=1S/C9H11N3OS/c1-13-8-3-2-7(6-11-8)12-9-10-4-5-14-9/h2-3,6H,4-5H2,1H3,(H,10,12). The Bertz CT molecular complexity index is 336. The molecule has 1 aliphatic rings. The third-order valence-electron chi connectivity index (χ3n) is 1.78. The van der Waals surface area contributed by atoms with Gasteiger partial charge in [-0.25, -0.2) is 4.98 Å². The molecule has 0 spiro atoms. The van der Waals surface area contributed by atoms with E-state index in [1.807, 2.05) is 12.1 Å². The molecule has 14 heavy (non-hydrogen) atoms. The van der Waals surface area contributed by atoms with Crippen molar-refractivity contribution < 1.29 is 4.74 Å². The fourth-order valence-electron chi connectivity index (χ4n) is 1.11. The van der Waals surface area contributed by atoms with Gasteiger partial charge < -0.3 is 10.1 Å². The Morgan fingerprint density at radius 2 is 2.43 bits per heavy atom. The summed E-state index contributed by atoms with van der Waals surface area (Å²) in [5, 5.41) is 4.16. The zero-order valence-electron chi connectivity index (χ0n) is 7.86. The normalized spacial score (nSPS) is 15.1. The average molecular weight is 209 g/mol. The number of thioether (sulfide) groups is 1. The first-order valence-corrected chi connectivity index (χ1v) is 5.31. The number of methoxy groups -OCH3 is 1. The van der Waals surface area contributed by atoms with E-state index < -0.39 is 0 Å². The van der Waals surface area contributed by atoms with Gasteiger partial charge in [0.1, 0.15) is 0 Å². The van der Waals surface area contributed by atoms with E-state index in [1.165, 1.54) is 0 Å². The Kier molecular flexibility index (Phi) is 2.88. The zero-order valence-corrected chi connectivity index (χ0v) is 8.67. The number of hydrogen-bond donors (Lipinski definition) is 1. The van der Waals surface area contributed by atoms with Crippen LogP contribution in [0.1, 0.15) is 0 Å². The highest BCUT2D eigenvalue weighted by molar-refractivity contribution is 8.14. The molecule has 5 heteroatoms. The van der Waals surface area contributed by atoms with Crippen LogP contribution in [0.4, 0.5) is 5.69 Å². The molecule has 1 N–H and O–H groups in total. The monoisotopic (exact) mass is 209 g/mol. The number of pyridine rings is 1. The highest BCUT2D eigenvalue weighted by Gasteiger charge is 2.06. The zero-order chi connectivity index (χ0) is 9.80. The van der Waals surface area contributed by atoms with Crippen molar-refractivity contribution in [2.75, 3.05) is 24.7 Å². The molecule has 0 unspecified atom stereocenters. The minimum absolute atomic E-state index is 0.622. The quantitative estimate of drug-likeness (QED) is 0.803. The fourth-order valence-corrected chi connectivity index (χ4v) is 1.86. The topological polar surface area (TPSA) is 46.5 Å². The van der Waals surface area contributed by atoms with Gasteiger partial charge in [0.2, 0.25) is 5.88 Å². The third-order valence-corrected chi connectivity index (χ3v) is 2.67. The van der Waals surface area contributed by atoms with Crippen molar-refractivity contribution in [2.45, 2.75) is 0 Å². The van der Waals surface area contributed by atoms with Crippen LogP contribution in [0.5, 0.6) is 5.88 Å². The van der Waals surface area contributed by atoms with Crippen LogP contribution in [0.3, 0.4) is 0 Å². The number of amidine groups is 1. The van der Waals surface area contributed by atoms with Crippen LogP contribution in [0, 0.1) is 0 Å². The predicted molar refractivity (Wildman–Crippen MR) is 59.2 cm³/mol. The summed E-state index contributed by atoms with van der Waals surface area (Å²) in [6, 6.07) is 3.75. The molecule has 4 nitrogen and oxygen atoms in total. The second kappa shape index (κ2) is 4.32. The lowest BCUT2D eigenvalue weighted by Crippen LogP contribution is -2.04. The summed E-state index contributed by atoms with van der Waals surface area (Å²) in [6.45, 7) is 0.899. The molecule has 1 aromatic heterocycles. The third kappa shape index (κ3) is 2.17. The number of aliphatic imine (C=N–C) groups is 1. The van der Waals surface area contributed by atoms with Crippen LogP contribution < -0.4 is 10.1 Å². The summed E-state index contributed by atoms with van der Waals surface area (Å²) >= 11 is 1.73. The van der Waals surface area contributed by atoms with Crippen molar-refractivity contribution in [3.8, 4) is 5.88 Å². The molecule has 1 aromatic rings. The van der Waals surface area contributed by atoms with Crippen molar-refractivity contribution in [2.24, 2.45) is 4.99 Å². The van der Waals surface area contributed by atoms with Crippen LogP contribution in [0.2, 0.25) is 0 Å². The number of hydrogen-bond acceptors (Lipinski definition) is 5. The first-order valence-electron chi connectivity index (χ1n) is 4.33. The molecule has 0 bridgehead atoms. The maximum atomic E-state index is 4.96. The summed E-state index contributed by atoms with van der Waals surface area (Å²) in [5.41, 5.74) is 0.943. The smallest absolute Gasteiger partial charge is 0.213 e. The molecule has 0 aliphatic carbocycles. The van der Waals surface area contributed by atoms with Crippen molar-refractivity contribution >= 4 is 22.6 Å². The molecule has 0 amide bonds. The number of rotatable bonds is 2.